The fourth-order valence-electron chi connectivity index (χ4n) is 2.66. The van der Waals surface area contributed by atoms with Crippen molar-refractivity contribution in [3.63, 3.8) is 0 Å². The molecule has 0 atom stereocenters. The van der Waals surface area contributed by atoms with E-state index in [9.17, 15) is 14.9 Å². The third-order valence-corrected chi connectivity index (χ3v) is 4.03. The highest BCUT2D eigenvalue weighted by Crippen LogP contribution is 2.25. The number of non-ortho nitro benzene ring substituents is 1. The number of amides is 1. The molecule has 27 heavy (non-hydrogen) atoms. The number of nitro groups is 1. The zero-order valence-electron chi connectivity index (χ0n) is 14.5. The molecule has 0 unspecified atom stereocenters. The predicted octanol–water partition coefficient (Wildman–Crippen LogP) is 2.23. The molecule has 0 saturated heterocycles. The largest absolute Gasteiger partial charge is 0.497 e. The average molecular weight is 367 g/mol. The Balaban J connectivity index is 2.00. The van der Waals surface area contributed by atoms with Crippen molar-refractivity contribution >= 4 is 23.4 Å². The minimum Gasteiger partial charge on any atom is -0.497 e. The van der Waals surface area contributed by atoms with Crippen LogP contribution in [-0.4, -0.2) is 46.9 Å². The van der Waals surface area contributed by atoms with E-state index in [4.69, 9.17) is 9.84 Å². The van der Waals surface area contributed by atoms with Crippen molar-refractivity contribution in [2.24, 2.45) is 5.10 Å². The lowest BCUT2D eigenvalue weighted by Crippen LogP contribution is -2.25. The summed E-state index contributed by atoms with van der Waals surface area (Å²) < 4.78 is 5.15. The molecule has 0 radical (unpaired) electrons. The van der Waals surface area contributed by atoms with Gasteiger partial charge in [-0.15, -0.1) is 0 Å². The molecule has 0 bridgehead atoms. The van der Waals surface area contributed by atoms with Gasteiger partial charge in [0.1, 0.15) is 11.5 Å². The van der Waals surface area contributed by atoms with Crippen molar-refractivity contribution in [1.82, 2.24) is 5.01 Å². The van der Waals surface area contributed by atoms with Crippen molar-refractivity contribution in [2.75, 3.05) is 20.3 Å². The third-order valence-electron chi connectivity index (χ3n) is 4.03. The van der Waals surface area contributed by atoms with Gasteiger partial charge >= 0.3 is 0 Å². The number of hydrogen-bond acceptors (Lipinski definition) is 6. The molecule has 3 rings (SSSR count). The first-order chi connectivity index (χ1) is 13.0. The van der Waals surface area contributed by atoms with Gasteiger partial charge < -0.3 is 9.84 Å². The number of carbonyl (C=O) groups excluding carboxylic acids is 1. The van der Waals surface area contributed by atoms with Crippen LogP contribution in [0.5, 0.6) is 5.75 Å². The summed E-state index contributed by atoms with van der Waals surface area (Å²) in [5, 5.41) is 25.5. The number of nitro benzene ring substituents is 1. The number of aliphatic hydroxyl groups excluding tert-OH is 1. The van der Waals surface area contributed by atoms with E-state index in [1.54, 1.807) is 49.6 Å². The Bertz CT molecular complexity index is 917. The summed E-state index contributed by atoms with van der Waals surface area (Å²) in [5.74, 6) is 0.338. The Labute approximate surface area is 155 Å². The van der Waals surface area contributed by atoms with Crippen molar-refractivity contribution in [3.8, 4) is 5.75 Å². The summed E-state index contributed by atoms with van der Waals surface area (Å²) in [6, 6.07) is 13.0. The van der Waals surface area contributed by atoms with E-state index >= 15 is 0 Å². The number of benzene rings is 2. The Morgan fingerprint density at radius 1 is 1.19 bits per heavy atom. The van der Waals surface area contributed by atoms with Crippen LogP contribution in [0, 0.1) is 10.1 Å². The lowest BCUT2D eigenvalue weighted by Gasteiger charge is -2.08. The first-order valence-electron chi connectivity index (χ1n) is 8.16. The van der Waals surface area contributed by atoms with Crippen LogP contribution in [0.15, 0.2) is 59.2 Å². The average Bonchev–Trinajstić information content (AvgIpc) is 2.98. The Hall–Kier alpha value is -3.52. The van der Waals surface area contributed by atoms with E-state index in [0.717, 1.165) is 5.56 Å². The normalized spacial score (nSPS) is 15.2. The van der Waals surface area contributed by atoms with Crippen molar-refractivity contribution in [1.29, 1.82) is 0 Å². The molecule has 1 aliphatic rings. The quantitative estimate of drug-likeness (QED) is 0.479. The second-order valence-electron chi connectivity index (χ2n) is 5.74. The zero-order chi connectivity index (χ0) is 19.4. The molecule has 0 spiro atoms. The van der Waals surface area contributed by atoms with Crippen LogP contribution < -0.4 is 4.74 Å². The molecule has 0 aromatic heterocycles. The van der Waals surface area contributed by atoms with Crippen LogP contribution in [0.1, 0.15) is 11.1 Å². The van der Waals surface area contributed by atoms with Gasteiger partial charge in [0.15, 0.2) is 0 Å². The topological polar surface area (TPSA) is 105 Å². The maximum atomic E-state index is 12.7. The van der Waals surface area contributed by atoms with E-state index in [0.29, 0.717) is 22.6 Å². The van der Waals surface area contributed by atoms with Gasteiger partial charge in [0, 0.05) is 17.7 Å². The lowest BCUT2D eigenvalue weighted by atomic mass is 10.00. The third kappa shape index (κ3) is 3.85. The molecule has 0 fully saturated rings. The Morgan fingerprint density at radius 3 is 2.41 bits per heavy atom. The number of methoxy groups -OCH3 is 1. The number of carbonyl (C=O) groups is 1. The highest BCUT2D eigenvalue weighted by Gasteiger charge is 2.30. The lowest BCUT2D eigenvalue weighted by molar-refractivity contribution is -0.384. The van der Waals surface area contributed by atoms with Crippen LogP contribution in [0.3, 0.4) is 0 Å². The summed E-state index contributed by atoms with van der Waals surface area (Å²) in [5.41, 5.74) is 2.14. The standard InChI is InChI=1S/C19H17N3O5/c1-27-16-8-4-14(5-9-16)18-17(19(24)21(20-18)10-11-23)12-13-2-6-15(7-3-13)22(25)26/h2-9,12,23H,10-11H2,1H3/b17-12-. The Kier molecular flexibility index (Phi) is 5.28. The molecule has 0 aliphatic carbocycles. The van der Waals surface area contributed by atoms with E-state index in [1.165, 1.54) is 17.1 Å². The molecule has 1 N–H and O–H groups in total. The minimum absolute atomic E-state index is 0.0270. The molecular weight excluding hydrogens is 350 g/mol. The predicted molar refractivity (Wildman–Crippen MR) is 99.4 cm³/mol. The summed E-state index contributed by atoms with van der Waals surface area (Å²) in [6.07, 6.45) is 1.63. The molecule has 138 valence electrons. The fraction of sp³-hybridized carbons (Fsp3) is 0.158. The monoisotopic (exact) mass is 367 g/mol. The van der Waals surface area contributed by atoms with Crippen molar-refractivity contribution < 1.29 is 19.6 Å². The molecule has 1 amide bonds. The van der Waals surface area contributed by atoms with Gasteiger partial charge in [0.05, 0.1) is 30.8 Å². The van der Waals surface area contributed by atoms with Crippen molar-refractivity contribution in [3.05, 3.63) is 75.3 Å². The van der Waals surface area contributed by atoms with E-state index in [2.05, 4.69) is 5.10 Å². The number of aliphatic hydroxyl groups is 1. The number of rotatable bonds is 6. The van der Waals surface area contributed by atoms with Gasteiger partial charge in [-0.3, -0.25) is 14.9 Å². The molecule has 8 nitrogen and oxygen atoms in total. The maximum Gasteiger partial charge on any atom is 0.276 e. The summed E-state index contributed by atoms with van der Waals surface area (Å²) >= 11 is 0. The minimum atomic E-state index is -0.481. The second-order valence-corrected chi connectivity index (χ2v) is 5.74. The van der Waals surface area contributed by atoms with E-state index in [-0.39, 0.29) is 24.7 Å². The number of β-amino-alcohol motifs (C(OH)–C–C–N with tert-alkyl or cyclic N) is 1. The van der Waals surface area contributed by atoms with Gasteiger partial charge in [-0.25, -0.2) is 5.01 Å². The summed E-state index contributed by atoms with van der Waals surface area (Å²) in [4.78, 5) is 23.0. The van der Waals surface area contributed by atoms with Gasteiger partial charge in [-0.1, -0.05) is 0 Å². The van der Waals surface area contributed by atoms with Gasteiger partial charge in [0.25, 0.3) is 11.6 Å². The van der Waals surface area contributed by atoms with Crippen molar-refractivity contribution in [2.45, 2.75) is 0 Å². The SMILES string of the molecule is COc1ccc(C2=NN(CCO)C(=O)/C2=C\c2ccc([N+](=O)[O-])cc2)cc1. The Morgan fingerprint density at radius 2 is 1.85 bits per heavy atom. The number of hydrogen-bond donors (Lipinski definition) is 1. The molecule has 2 aromatic carbocycles. The molecule has 0 saturated carbocycles. The van der Waals surface area contributed by atoms with E-state index in [1.807, 2.05) is 0 Å². The first kappa shape index (κ1) is 18.3. The summed E-state index contributed by atoms with van der Waals surface area (Å²) in [7, 11) is 1.56. The molecule has 1 aliphatic heterocycles. The fourth-order valence-corrected chi connectivity index (χ4v) is 2.66. The zero-order valence-corrected chi connectivity index (χ0v) is 14.5. The molecule has 1 heterocycles. The van der Waals surface area contributed by atoms with Crippen LogP contribution in [-0.2, 0) is 4.79 Å². The van der Waals surface area contributed by atoms with E-state index < -0.39 is 4.92 Å². The molecular formula is C19H17N3O5. The molecule has 2 aromatic rings. The van der Waals surface area contributed by atoms with Crippen LogP contribution in [0.4, 0.5) is 5.69 Å². The highest BCUT2D eigenvalue weighted by molar-refractivity contribution is 6.33. The number of nitrogens with zero attached hydrogens (tertiary/aromatic N) is 3. The maximum absolute atomic E-state index is 12.7. The van der Waals surface area contributed by atoms with Crippen LogP contribution in [0.25, 0.3) is 6.08 Å². The first-order valence-corrected chi connectivity index (χ1v) is 8.16. The second kappa shape index (κ2) is 7.79. The van der Waals surface area contributed by atoms with Gasteiger partial charge in [0.2, 0.25) is 0 Å². The number of ether oxygens (including phenoxy) is 1. The molecule has 8 heteroatoms. The highest BCUT2D eigenvalue weighted by atomic mass is 16.6. The van der Waals surface area contributed by atoms with Gasteiger partial charge in [-0.2, -0.15) is 5.10 Å². The van der Waals surface area contributed by atoms with Gasteiger partial charge in [-0.05, 0) is 48.0 Å². The van der Waals surface area contributed by atoms with Crippen LogP contribution >= 0.6 is 0 Å². The van der Waals surface area contributed by atoms with Crippen LogP contribution in [0.2, 0.25) is 0 Å². The number of hydrazone groups is 1. The smallest absolute Gasteiger partial charge is 0.276 e. The summed E-state index contributed by atoms with van der Waals surface area (Å²) in [6.45, 7) is -0.133.